The average Bonchev–Trinajstić information content (AvgIpc) is 2.28. The molecule has 0 aromatic carbocycles. The fourth-order valence-corrected chi connectivity index (χ4v) is 1.60. The van der Waals surface area contributed by atoms with E-state index in [9.17, 15) is 4.79 Å². The quantitative estimate of drug-likeness (QED) is 0.682. The largest absolute Gasteiger partial charge is 0.468 e. The number of hydrogen-bond acceptors (Lipinski definition) is 4. The molecule has 0 radical (unpaired) electrons. The lowest BCUT2D eigenvalue weighted by molar-refractivity contribution is -0.152. The predicted molar refractivity (Wildman–Crippen MR) is 57.8 cm³/mol. The SMILES string of the molecule is COC(=O)C1COCCN1CC(C)=CCl. The Morgan fingerprint density at radius 3 is 3.07 bits per heavy atom. The van der Waals surface area contributed by atoms with Crippen LogP contribution in [0.2, 0.25) is 0 Å². The van der Waals surface area contributed by atoms with E-state index in [1.807, 2.05) is 11.8 Å². The Morgan fingerprint density at radius 2 is 2.47 bits per heavy atom. The van der Waals surface area contributed by atoms with Crippen LogP contribution < -0.4 is 0 Å². The Bertz CT molecular complexity index is 255. The summed E-state index contributed by atoms with van der Waals surface area (Å²) in [5.74, 6) is -0.253. The molecule has 0 amide bonds. The van der Waals surface area contributed by atoms with Gasteiger partial charge in [0.05, 0.1) is 20.3 Å². The number of carbonyl (C=O) groups excluding carboxylic acids is 1. The minimum atomic E-state index is -0.310. The summed E-state index contributed by atoms with van der Waals surface area (Å²) in [7, 11) is 1.39. The van der Waals surface area contributed by atoms with E-state index in [1.54, 1.807) is 0 Å². The molecule has 1 unspecified atom stereocenters. The molecule has 1 atom stereocenters. The number of nitrogens with zero attached hydrogens (tertiary/aromatic N) is 1. The molecule has 1 aliphatic rings. The summed E-state index contributed by atoms with van der Waals surface area (Å²) in [6.45, 7) is 4.36. The van der Waals surface area contributed by atoms with Crippen LogP contribution in [0.4, 0.5) is 0 Å². The molecule has 1 fully saturated rings. The first-order valence-corrected chi connectivity index (χ1v) is 5.28. The molecular formula is C10H16ClNO3. The first-order valence-electron chi connectivity index (χ1n) is 4.84. The van der Waals surface area contributed by atoms with Crippen LogP contribution in [0, 0.1) is 0 Å². The van der Waals surface area contributed by atoms with Crippen molar-refractivity contribution in [2.24, 2.45) is 0 Å². The van der Waals surface area contributed by atoms with Gasteiger partial charge in [-0.2, -0.15) is 0 Å². The van der Waals surface area contributed by atoms with Gasteiger partial charge in [0, 0.05) is 18.6 Å². The Hall–Kier alpha value is -0.580. The minimum absolute atomic E-state index is 0.253. The molecule has 0 aromatic rings. The minimum Gasteiger partial charge on any atom is -0.468 e. The van der Waals surface area contributed by atoms with Crippen LogP contribution in [-0.4, -0.2) is 50.3 Å². The Morgan fingerprint density at radius 1 is 1.73 bits per heavy atom. The van der Waals surface area contributed by atoms with Crippen molar-refractivity contribution in [3.63, 3.8) is 0 Å². The number of halogens is 1. The van der Waals surface area contributed by atoms with Crippen molar-refractivity contribution in [3.8, 4) is 0 Å². The maximum absolute atomic E-state index is 11.5. The molecule has 5 heteroatoms. The summed E-state index contributed by atoms with van der Waals surface area (Å²) in [6, 6.07) is -0.310. The molecule has 86 valence electrons. The second kappa shape index (κ2) is 6.10. The van der Waals surface area contributed by atoms with E-state index in [1.165, 1.54) is 12.6 Å². The second-order valence-corrected chi connectivity index (χ2v) is 3.76. The second-order valence-electron chi connectivity index (χ2n) is 3.54. The van der Waals surface area contributed by atoms with E-state index >= 15 is 0 Å². The molecule has 1 heterocycles. The number of carbonyl (C=O) groups is 1. The van der Waals surface area contributed by atoms with Crippen molar-refractivity contribution in [2.75, 3.05) is 33.4 Å². The van der Waals surface area contributed by atoms with E-state index in [2.05, 4.69) is 0 Å². The zero-order valence-electron chi connectivity index (χ0n) is 9.03. The highest BCUT2D eigenvalue weighted by atomic mass is 35.5. The predicted octanol–water partition coefficient (Wildman–Crippen LogP) is 1.00. The number of methoxy groups -OCH3 is 1. The van der Waals surface area contributed by atoms with Gasteiger partial charge in [0.2, 0.25) is 0 Å². The standard InChI is InChI=1S/C10H16ClNO3/c1-8(5-11)6-12-3-4-15-7-9(12)10(13)14-2/h5,9H,3-4,6-7H2,1-2H3. The lowest BCUT2D eigenvalue weighted by Crippen LogP contribution is -2.50. The molecule has 4 nitrogen and oxygen atoms in total. The van der Waals surface area contributed by atoms with Crippen LogP contribution in [0.1, 0.15) is 6.92 Å². The van der Waals surface area contributed by atoms with Gasteiger partial charge in [-0.05, 0) is 12.5 Å². The topological polar surface area (TPSA) is 38.8 Å². The molecule has 0 spiro atoms. The van der Waals surface area contributed by atoms with Crippen LogP contribution in [-0.2, 0) is 14.3 Å². The van der Waals surface area contributed by atoms with Gasteiger partial charge in [-0.25, -0.2) is 0 Å². The molecule has 0 aliphatic carbocycles. The van der Waals surface area contributed by atoms with Gasteiger partial charge >= 0.3 is 5.97 Å². The summed E-state index contributed by atoms with van der Waals surface area (Å²) >= 11 is 5.60. The van der Waals surface area contributed by atoms with E-state index in [-0.39, 0.29) is 12.0 Å². The highest BCUT2D eigenvalue weighted by molar-refractivity contribution is 6.25. The van der Waals surface area contributed by atoms with Crippen LogP contribution in [0.3, 0.4) is 0 Å². The van der Waals surface area contributed by atoms with Gasteiger partial charge in [0.15, 0.2) is 0 Å². The molecule has 1 aliphatic heterocycles. The number of hydrogen-bond donors (Lipinski definition) is 0. The summed E-state index contributed by atoms with van der Waals surface area (Å²) in [5.41, 5.74) is 2.55. The zero-order chi connectivity index (χ0) is 11.3. The van der Waals surface area contributed by atoms with Crippen molar-refractivity contribution in [1.82, 2.24) is 4.90 Å². The molecule has 0 bridgehead atoms. The average molecular weight is 234 g/mol. The van der Waals surface area contributed by atoms with E-state index in [0.717, 1.165) is 12.1 Å². The van der Waals surface area contributed by atoms with Gasteiger partial charge in [-0.1, -0.05) is 11.6 Å². The maximum Gasteiger partial charge on any atom is 0.325 e. The van der Waals surface area contributed by atoms with E-state index < -0.39 is 0 Å². The Labute approximate surface area is 94.8 Å². The monoisotopic (exact) mass is 233 g/mol. The number of ether oxygens (including phenoxy) is 2. The van der Waals surface area contributed by atoms with Crippen molar-refractivity contribution in [3.05, 3.63) is 11.1 Å². The molecule has 1 saturated heterocycles. The molecule has 0 saturated carbocycles. The van der Waals surface area contributed by atoms with E-state index in [4.69, 9.17) is 21.1 Å². The Kier molecular flexibility index (Phi) is 5.08. The number of morpholine rings is 1. The fourth-order valence-electron chi connectivity index (χ4n) is 1.54. The zero-order valence-corrected chi connectivity index (χ0v) is 9.79. The van der Waals surface area contributed by atoms with Crippen molar-refractivity contribution in [2.45, 2.75) is 13.0 Å². The van der Waals surface area contributed by atoms with Crippen LogP contribution >= 0.6 is 11.6 Å². The van der Waals surface area contributed by atoms with Gasteiger partial charge in [0.25, 0.3) is 0 Å². The highest BCUT2D eigenvalue weighted by Crippen LogP contribution is 2.11. The third-order valence-corrected chi connectivity index (χ3v) is 2.72. The van der Waals surface area contributed by atoms with Crippen LogP contribution in [0.25, 0.3) is 0 Å². The molecule has 0 aromatic heterocycles. The van der Waals surface area contributed by atoms with Gasteiger partial charge < -0.3 is 9.47 Å². The molecule has 15 heavy (non-hydrogen) atoms. The van der Waals surface area contributed by atoms with E-state index in [0.29, 0.717) is 19.8 Å². The molecule has 1 rings (SSSR count). The summed E-state index contributed by atoms with van der Waals surface area (Å²) in [5, 5.41) is 0. The fraction of sp³-hybridized carbons (Fsp3) is 0.700. The normalized spacial score (nSPS) is 23.9. The molecule has 0 N–H and O–H groups in total. The van der Waals surface area contributed by atoms with Crippen LogP contribution in [0.5, 0.6) is 0 Å². The third kappa shape index (κ3) is 3.48. The summed E-state index contributed by atoms with van der Waals surface area (Å²) < 4.78 is 9.98. The van der Waals surface area contributed by atoms with Crippen molar-refractivity contribution >= 4 is 17.6 Å². The van der Waals surface area contributed by atoms with Gasteiger partial charge in [-0.3, -0.25) is 9.69 Å². The van der Waals surface area contributed by atoms with Crippen molar-refractivity contribution < 1.29 is 14.3 Å². The highest BCUT2D eigenvalue weighted by Gasteiger charge is 2.29. The number of rotatable bonds is 3. The lowest BCUT2D eigenvalue weighted by Gasteiger charge is -2.33. The van der Waals surface area contributed by atoms with Gasteiger partial charge in [-0.15, -0.1) is 0 Å². The first kappa shape index (κ1) is 12.5. The summed E-state index contributed by atoms with van der Waals surface area (Å²) in [6.07, 6.45) is 0. The first-order chi connectivity index (χ1) is 7.19. The lowest BCUT2D eigenvalue weighted by atomic mass is 10.2. The number of esters is 1. The summed E-state index contributed by atoms with van der Waals surface area (Å²) in [4.78, 5) is 13.5. The Balaban J connectivity index is 2.61. The van der Waals surface area contributed by atoms with Crippen molar-refractivity contribution in [1.29, 1.82) is 0 Å². The smallest absolute Gasteiger partial charge is 0.325 e. The van der Waals surface area contributed by atoms with Crippen LogP contribution in [0.15, 0.2) is 11.1 Å². The van der Waals surface area contributed by atoms with Gasteiger partial charge in [0.1, 0.15) is 6.04 Å². The molecular weight excluding hydrogens is 218 g/mol. The maximum atomic E-state index is 11.5. The third-order valence-electron chi connectivity index (χ3n) is 2.35.